The van der Waals surface area contributed by atoms with Crippen LogP contribution in [0.4, 0.5) is 5.95 Å². The van der Waals surface area contributed by atoms with Crippen LogP contribution in [-0.2, 0) is 0 Å². The molecule has 2 N–H and O–H groups in total. The fourth-order valence-electron chi connectivity index (χ4n) is 1.31. The van der Waals surface area contributed by atoms with Crippen LogP contribution in [0.2, 0.25) is 0 Å². The number of rotatable bonds is 7. The molecule has 1 rings (SSSR count). The molecule has 0 radical (unpaired) electrons. The van der Waals surface area contributed by atoms with E-state index in [2.05, 4.69) is 27.5 Å². The third kappa shape index (κ3) is 4.44. The van der Waals surface area contributed by atoms with Gasteiger partial charge in [-0.05, 0) is 26.4 Å². The molecule has 0 aliphatic heterocycles. The number of hydrogen-bond acceptors (Lipinski definition) is 5. The number of anilines is 1. The highest BCUT2D eigenvalue weighted by Gasteiger charge is 2.00. The molecule has 1 aromatic rings. The molecule has 0 fully saturated rings. The summed E-state index contributed by atoms with van der Waals surface area (Å²) in [6.45, 7) is 6.90. The van der Waals surface area contributed by atoms with Crippen LogP contribution in [0.25, 0.3) is 0 Å². The first-order chi connectivity index (χ1) is 7.76. The number of aryl methyl sites for hydroxylation is 1. The topological polar surface area (TPSA) is 59.1 Å². The van der Waals surface area contributed by atoms with E-state index in [9.17, 15) is 0 Å². The lowest BCUT2D eigenvalue weighted by Crippen LogP contribution is -2.17. The van der Waals surface area contributed by atoms with E-state index in [1.807, 2.05) is 13.0 Å². The summed E-state index contributed by atoms with van der Waals surface area (Å²) >= 11 is 0. The van der Waals surface area contributed by atoms with Crippen molar-refractivity contribution in [3.8, 4) is 5.88 Å². The smallest absolute Gasteiger partial charge is 0.226 e. The molecule has 1 heterocycles. The molecule has 0 unspecified atom stereocenters. The van der Waals surface area contributed by atoms with Crippen LogP contribution >= 0.6 is 0 Å². The molecular formula is C11H20N4O. The number of nitrogens with one attached hydrogen (secondary N) is 2. The van der Waals surface area contributed by atoms with Crippen LogP contribution in [0.5, 0.6) is 5.88 Å². The summed E-state index contributed by atoms with van der Waals surface area (Å²) in [7, 11) is 1.61. The van der Waals surface area contributed by atoms with Gasteiger partial charge in [-0.15, -0.1) is 0 Å². The molecule has 5 nitrogen and oxygen atoms in total. The van der Waals surface area contributed by atoms with Gasteiger partial charge in [0.2, 0.25) is 11.8 Å². The van der Waals surface area contributed by atoms with Gasteiger partial charge >= 0.3 is 0 Å². The van der Waals surface area contributed by atoms with E-state index in [1.165, 1.54) is 0 Å². The quantitative estimate of drug-likeness (QED) is 0.682. The first-order valence-electron chi connectivity index (χ1n) is 5.60. The zero-order chi connectivity index (χ0) is 11.8. The lowest BCUT2D eigenvalue weighted by Gasteiger charge is -2.07. The van der Waals surface area contributed by atoms with Crippen molar-refractivity contribution in [2.45, 2.75) is 20.3 Å². The first kappa shape index (κ1) is 12.7. The minimum atomic E-state index is 0.599. The maximum atomic E-state index is 5.08. The molecule has 0 aliphatic rings. The Morgan fingerprint density at radius 3 is 2.81 bits per heavy atom. The van der Waals surface area contributed by atoms with Gasteiger partial charge in [0, 0.05) is 18.3 Å². The summed E-state index contributed by atoms with van der Waals surface area (Å²) < 4.78 is 5.08. The number of nitrogens with zero attached hydrogens (tertiary/aromatic N) is 2. The number of hydrogen-bond donors (Lipinski definition) is 2. The molecule has 0 spiro atoms. The molecule has 0 saturated heterocycles. The molecule has 0 bridgehead atoms. The Labute approximate surface area is 96.6 Å². The highest BCUT2D eigenvalue weighted by atomic mass is 16.5. The van der Waals surface area contributed by atoms with Gasteiger partial charge in [-0.2, -0.15) is 4.98 Å². The highest BCUT2D eigenvalue weighted by molar-refractivity contribution is 5.30. The Morgan fingerprint density at radius 2 is 2.12 bits per heavy atom. The van der Waals surface area contributed by atoms with E-state index in [4.69, 9.17) is 4.74 Å². The molecular weight excluding hydrogens is 204 g/mol. The van der Waals surface area contributed by atoms with Gasteiger partial charge in [0.15, 0.2) is 0 Å². The highest BCUT2D eigenvalue weighted by Crippen LogP contribution is 2.10. The predicted octanol–water partition coefficient (Wildman–Crippen LogP) is 1.21. The van der Waals surface area contributed by atoms with Crippen molar-refractivity contribution >= 4 is 5.95 Å². The van der Waals surface area contributed by atoms with Crippen LogP contribution in [0.15, 0.2) is 6.07 Å². The fraction of sp³-hybridized carbons (Fsp3) is 0.636. The average molecular weight is 224 g/mol. The summed E-state index contributed by atoms with van der Waals surface area (Å²) in [5.74, 6) is 1.23. The summed E-state index contributed by atoms with van der Waals surface area (Å²) in [5.41, 5.74) is 0.904. The maximum Gasteiger partial charge on any atom is 0.226 e. The second kappa shape index (κ2) is 7.00. The van der Waals surface area contributed by atoms with E-state index in [-0.39, 0.29) is 0 Å². The predicted molar refractivity (Wildman–Crippen MR) is 65.0 cm³/mol. The van der Waals surface area contributed by atoms with E-state index >= 15 is 0 Å². The first-order valence-corrected chi connectivity index (χ1v) is 5.60. The van der Waals surface area contributed by atoms with Crippen molar-refractivity contribution in [2.24, 2.45) is 0 Å². The summed E-state index contributed by atoms with van der Waals surface area (Å²) in [4.78, 5) is 8.48. The van der Waals surface area contributed by atoms with Gasteiger partial charge in [-0.1, -0.05) is 6.92 Å². The van der Waals surface area contributed by atoms with Crippen molar-refractivity contribution in [2.75, 3.05) is 32.1 Å². The zero-order valence-electron chi connectivity index (χ0n) is 10.2. The van der Waals surface area contributed by atoms with Gasteiger partial charge in [0.05, 0.1) is 7.11 Å². The van der Waals surface area contributed by atoms with Gasteiger partial charge in [-0.3, -0.25) is 0 Å². The molecule has 5 heteroatoms. The van der Waals surface area contributed by atoms with Crippen molar-refractivity contribution in [3.05, 3.63) is 11.8 Å². The van der Waals surface area contributed by atoms with E-state index in [0.717, 1.165) is 31.7 Å². The van der Waals surface area contributed by atoms with Crippen molar-refractivity contribution < 1.29 is 4.74 Å². The van der Waals surface area contributed by atoms with Crippen LogP contribution in [-0.4, -0.2) is 36.7 Å². The van der Waals surface area contributed by atoms with Crippen molar-refractivity contribution in [3.63, 3.8) is 0 Å². The third-order valence-electron chi connectivity index (χ3n) is 2.10. The third-order valence-corrected chi connectivity index (χ3v) is 2.10. The van der Waals surface area contributed by atoms with Gasteiger partial charge in [-0.25, -0.2) is 4.98 Å². The van der Waals surface area contributed by atoms with Gasteiger partial charge in [0.1, 0.15) is 0 Å². The molecule has 0 atom stereocenters. The standard InChI is InChI=1S/C11H20N4O/c1-4-12-6-5-7-13-11-14-9(2)8-10(15-11)16-3/h8,12H,4-7H2,1-3H3,(H,13,14,15). The normalized spacial score (nSPS) is 10.2. The second-order valence-corrected chi connectivity index (χ2v) is 3.51. The SMILES string of the molecule is CCNCCCNc1nc(C)cc(OC)n1. The largest absolute Gasteiger partial charge is 0.481 e. The molecule has 90 valence electrons. The molecule has 0 aromatic carbocycles. The summed E-state index contributed by atoms with van der Waals surface area (Å²) in [5, 5.41) is 6.44. The minimum Gasteiger partial charge on any atom is -0.481 e. The Balaban J connectivity index is 2.38. The Hall–Kier alpha value is -1.36. The molecule has 16 heavy (non-hydrogen) atoms. The number of aromatic nitrogens is 2. The van der Waals surface area contributed by atoms with E-state index in [0.29, 0.717) is 11.8 Å². The molecule has 0 aliphatic carbocycles. The van der Waals surface area contributed by atoms with Gasteiger partial charge < -0.3 is 15.4 Å². The fourth-order valence-corrected chi connectivity index (χ4v) is 1.31. The zero-order valence-corrected chi connectivity index (χ0v) is 10.2. The molecule has 1 aromatic heterocycles. The summed E-state index contributed by atoms with van der Waals surface area (Å²) in [6, 6.07) is 1.81. The average Bonchev–Trinajstić information content (AvgIpc) is 2.28. The summed E-state index contributed by atoms with van der Waals surface area (Å²) in [6.07, 6.45) is 1.05. The van der Waals surface area contributed by atoms with Crippen LogP contribution in [0, 0.1) is 6.92 Å². The lowest BCUT2D eigenvalue weighted by atomic mass is 10.4. The minimum absolute atomic E-state index is 0.599. The van der Waals surface area contributed by atoms with Crippen LogP contribution < -0.4 is 15.4 Å². The Bertz CT molecular complexity index is 317. The second-order valence-electron chi connectivity index (χ2n) is 3.51. The monoisotopic (exact) mass is 224 g/mol. The Morgan fingerprint density at radius 1 is 1.31 bits per heavy atom. The van der Waals surface area contributed by atoms with Crippen molar-refractivity contribution in [1.82, 2.24) is 15.3 Å². The lowest BCUT2D eigenvalue weighted by molar-refractivity contribution is 0.397. The molecule has 0 saturated carbocycles. The van der Waals surface area contributed by atoms with Gasteiger partial charge in [0.25, 0.3) is 0 Å². The number of ether oxygens (including phenoxy) is 1. The maximum absolute atomic E-state index is 5.08. The number of methoxy groups -OCH3 is 1. The molecule has 0 amide bonds. The van der Waals surface area contributed by atoms with E-state index < -0.39 is 0 Å². The van der Waals surface area contributed by atoms with Crippen molar-refractivity contribution in [1.29, 1.82) is 0 Å². The van der Waals surface area contributed by atoms with Crippen LogP contribution in [0.1, 0.15) is 19.0 Å². The Kier molecular flexibility index (Phi) is 5.56. The van der Waals surface area contributed by atoms with Crippen LogP contribution in [0.3, 0.4) is 0 Å². The van der Waals surface area contributed by atoms with E-state index in [1.54, 1.807) is 7.11 Å².